The highest BCUT2D eigenvalue weighted by Crippen LogP contribution is 2.30. The summed E-state index contributed by atoms with van der Waals surface area (Å²) in [5.74, 6) is -1.18. The molecule has 1 N–H and O–H groups in total. The van der Waals surface area contributed by atoms with Gasteiger partial charge in [-0.2, -0.15) is 0 Å². The van der Waals surface area contributed by atoms with Gasteiger partial charge in [0.15, 0.2) is 0 Å². The lowest BCUT2D eigenvalue weighted by molar-refractivity contribution is -0.384. The van der Waals surface area contributed by atoms with Crippen LogP contribution in [0.15, 0.2) is 42.5 Å². The van der Waals surface area contributed by atoms with E-state index in [1.165, 1.54) is 30.3 Å². The van der Waals surface area contributed by atoms with Crippen molar-refractivity contribution in [3.8, 4) is 0 Å². The molecule has 1 aliphatic heterocycles. The number of nitrogens with zero attached hydrogens (tertiary/aromatic N) is 2. The quantitative estimate of drug-likeness (QED) is 0.680. The Hall–Kier alpha value is -3.00. The van der Waals surface area contributed by atoms with Gasteiger partial charge in [-0.15, -0.1) is 0 Å². The summed E-state index contributed by atoms with van der Waals surface area (Å²) in [6, 6.07) is 9.98. The monoisotopic (exact) mass is 345 g/mol. The minimum Gasteiger partial charge on any atom is -0.378 e. The van der Waals surface area contributed by atoms with Gasteiger partial charge in [0.2, 0.25) is 0 Å². The number of benzene rings is 2. The molecule has 2 aromatic rings. The summed E-state index contributed by atoms with van der Waals surface area (Å²) in [6.45, 7) is 2.07. The Kier molecular flexibility index (Phi) is 4.90. The maximum Gasteiger partial charge on any atom is 0.293 e. The van der Waals surface area contributed by atoms with Crippen molar-refractivity contribution in [3.63, 3.8) is 0 Å². The van der Waals surface area contributed by atoms with Gasteiger partial charge in [0.05, 0.1) is 23.8 Å². The van der Waals surface area contributed by atoms with Crippen molar-refractivity contribution in [2.24, 2.45) is 0 Å². The van der Waals surface area contributed by atoms with E-state index in [2.05, 4.69) is 5.32 Å². The smallest absolute Gasteiger partial charge is 0.293 e. The summed E-state index contributed by atoms with van der Waals surface area (Å²) in [7, 11) is 0. The molecule has 130 valence electrons. The number of para-hydroxylation sites is 1. The zero-order valence-electron chi connectivity index (χ0n) is 13.3. The average Bonchev–Trinajstić information content (AvgIpc) is 2.63. The van der Waals surface area contributed by atoms with Gasteiger partial charge in [0.25, 0.3) is 11.6 Å². The van der Waals surface area contributed by atoms with Crippen molar-refractivity contribution >= 4 is 23.0 Å². The lowest BCUT2D eigenvalue weighted by Crippen LogP contribution is -2.36. The van der Waals surface area contributed by atoms with E-state index >= 15 is 0 Å². The van der Waals surface area contributed by atoms with Crippen LogP contribution in [0, 0.1) is 15.9 Å². The first kappa shape index (κ1) is 16.8. The molecule has 7 nitrogen and oxygen atoms in total. The molecule has 0 spiro atoms. The molecule has 3 rings (SSSR count). The van der Waals surface area contributed by atoms with Crippen LogP contribution in [0.5, 0.6) is 0 Å². The van der Waals surface area contributed by atoms with Crippen molar-refractivity contribution in [1.29, 1.82) is 0 Å². The summed E-state index contributed by atoms with van der Waals surface area (Å²) in [5, 5.41) is 13.8. The maximum absolute atomic E-state index is 13.6. The van der Waals surface area contributed by atoms with E-state index in [0.717, 1.165) is 0 Å². The van der Waals surface area contributed by atoms with E-state index < -0.39 is 16.6 Å². The Balaban J connectivity index is 1.87. The first-order chi connectivity index (χ1) is 12.1. The normalized spacial score (nSPS) is 14.2. The predicted molar refractivity (Wildman–Crippen MR) is 90.5 cm³/mol. The van der Waals surface area contributed by atoms with Gasteiger partial charge < -0.3 is 15.0 Å². The number of hydrogen-bond donors (Lipinski definition) is 1. The van der Waals surface area contributed by atoms with E-state index in [9.17, 15) is 19.3 Å². The van der Waals surface area contributed by atoms with Crippen LogP contribution in [0.4, 0.5) is 21.5 Å². The second kappa shape index (κ2) is 7.27. The molecule has 0 radical (unpaired) electrons. The molecule has 1 fully saturated rings. The third-order valence-electron chi connectivity index (χ3n) is 3.91. The molecular weight excluding hydrogens is 329 g/mol. The summed E-state index contributed by atoms with van der Waals surface area (Å²) in [6.07, 6.45) is 0. The van der Waals surface area contributed by atoms with E-state index in [1.54, 1.807) is 12.1 Å². The molecule has 0 aliphatic carbocycles. The van der Waals surface area contributed by atoms with Gasteiger partial charge in [-0.05, 0) is 24.3 Å². The number of amides is 1. The number of carbonyl (C=O) groups excluding carboxylic acids is 1. The molecule has 0 saturated carbocycles. The predicted octanol–water partition coefficient (Wildman–Crippen LogP) is 2.82. The molecular formula is C17H16FN3O4. The average molecular weight is 345 g/mol. The van der Waals surface area contributed by atoms with E-state index in [1.807, 2.05) is 4.90 Å². The zero-order chi connectivity index (χ0) is 17.8. The number of nitrogens with one attached hydrogen (secondary N) is 1. The highest BCUT2D eigenvalue weighted by atomic mass is 19.1. The largest absolute Gasteiger partial charge is 0.378 e. The van der Waals surface area contributed by atoms with Crippen LogP contribution >= 0.6 is 0 Å². The first-order valence-electron chi connectivity index (χ1n) is 7.73. The van der Waals surface area contributed by atoms with Crippen LogP contribution in [0.3, 0.4) is 0 Å². The van der Waals surface area contributed by atoms with Gasteiger partial charge in [0.1, 0.15) is 11.5 Å². The van der Waals surface area contributed by atoms with Crippen LogP contribution in [0.25, 0.3) is 0 Å². The van der Waals surface area contributed by atoms with Crippen molar-refractivity contribution in [2.45, 2.75) is 0 Å². The van der Waals surface area contributed by atoms with E-state index in [0.29, 0.717) is 32.0 Å². The molecule has 1 aliphatic rings. The molecule has 1 heterocycles. The summed E-state index contributed by atoms with van der Waals surface area (Å²) >= 11 is 0. The summed E-state index contributed by atoms with van der Waals surface area (Å²) in [5.41, 5.74) is 0.387. The third kappa shape index (κ3) is 3.74. The van der Waals surface area contributed by atoms with Crippen molar-refractivity contribution in [3.05, 3.63) is 64.0 Å². The van der Waals surface area contributed by atoms with Crippen molar-refractivity contribution in [2.75, 3.05) is 36.5 Å². The number of carbonyl (C=O) groups is 1. The number of rotatable bonds is 4. The Bertz CT molecular complexity index is 806. The highest BCUT2D eigenvalue weighted by molar-refractivity contribution is 6.05. The lowest BCUT2D eigenvalue weighted by Gasteiger charge is -2.28. The minimum absolute atomic E-state index is 0.0207. The van der Waals surface area contributed by atoms with Gasteiger partial charge in [-0.1, -0.05) is 12.1 Å². The minimum atomic E-state index is -0.610. The molecule has 0 atom stereocenters. The number of anilines is 2. The number of morpholine rings is 1. The molecule has 25 heavy (non-hydrogen) atoms. The van der Waals surface area contributed by atoms with Crippen LogP contribution in [-0.2, 0) is 4.74 Å². The van der Waals surface area contributed by atoms with Gasteiger partial charge in [-0.3, -0.25) is 14.9 Å². The summed E-state index contributed by atoms with van der Waals surface area (Å²) in [4.78, 5) is 25.0. The first-order valence-corrected chi connectivity index (χ1v) is 7.73. The molecule has 1 amide bonds. The van der Waals surface area contributed by atoms with Gasteiger partial charge in [-0.25, -0.2) is 4.39 Å². The van der Waals surface area contributed by atoms with Crippen LogP contribution in [0.2, 0.25) is 0 Å². The second-order valence-corrected chi connectivity index (χ2v) is 5.49. The number of halogens is 1. The maximum atomic E-state index is 13.6. The molecule has 0 bridgehead atoms. The highest BCUT2D eigenvalue weighted by Gasteiger charge is 2.23. The van der Waals surface area contributed by atoms with Crippen molar-refractivity contribution in [1.82, 2.24) is 0 Å². The topological polar surface area (TPSA) is 84.7 Å². The molecule has 1 saturated heterocycles. The second-order valence-electron chi connectivity index (χ2n) is 5.49. The fourth-order valence-corrected chi connectivity index (χ4v) is 2.64. The SMILES string of the molecule is O=C(Nc1ccccc1F)c1ccc(N2CCOCC2)c([N+](=O)[O-])c1. The molecule has 8 heteroatoms. The number of nitro groups is 1. The van der Waals surface area contributed by atoms with Crippen LogP contribution in [0.1, 0.15) is 10.4 Å². The summed E-state index contributed by atoms with van der Waals surface area (Å²) < 4.78 is 18.9. The number of hydrogen-bond acceptors (Lipinski definition) is 5. The molecule has 0 unspecified atom stereocenters. The van der Waals surface area contributed by atoms with E-state index in [4.69, 9.17) is 4.74 Å². The fourth-order valence-electron chi connectivity index (χ4n) is 2.64. The Morgan fingerprint density at radius 2 is 1.92 bits per heavy atom. The Labute approximate surface area is 143 Å². The molecule has 0 aromatic heterocycles. The number of nitro benzene ring substituents is 1. The zero-order valence-corrected chi connectivity index (χ0v) is 13.3. The Morgan fingerprint density at radius 3 is 2.60 bits per heavy atom. The third-order valence-corrected chi connectivity index (χ3v) is 3.91. The Morgan fingerprint density at radius 1 is 1.20 bits per heavy atom. The van der Waals surface area contributed by atoms with Crippen LogP contribution in [-0.4, -0.2) is 37.1 Å². The van der Waals surface area contributed by atoms with Crippen LogP contribution < -0.4 is 10.2 Å². The van der Waals surface area contributed by atoms with Crippen molar-refractivity contribution < 1.29 is 18.8 Å². The van der Waals surface area contributed by atoms with Gasteiger partial charge in [0, 0.05) is 24.7 Å². The fraction of sp³-hybridized carbons (Fsp3) is 0.235. The standard InChI is InChI=1S/C17H16FN3O4/c18-13-3-1-2-4-14(13)19-17(22)12-5-6-15(16(11-12)21(23)24)20-7-9-25-10-8-20/h1-6,11H,7-10H2,(H,19,22). The lowest BCUT2D eigenvalue weighted by atomic mass is 10.1. The van der Waals surface area contributed by atoms with E-state index in [-0.39, 0.29) is 16.9 Å². The number of ether oxygens (including phenoxy) is 1. The molecule has 2 aromatic carbocycles. The van der Waals surface area contributed by atoms with Gasteiger partial charge >= 0.3 is 0 Å².